The molecule has 1 aliphatic rings. The Morgan fingerprint density at radius 1 is 1.33 bits per heavy atom. The first-order chi connectivity index (χ1) is 10.0. The summed E-state index contributed by atoms with van der Waals surface area (Å²) < 4.78 is 0. The zero-order valence-electron chi connectivity index (χ0n) is 13.3. The predicted molar refractivity (Wildman–Crippen MR) is 84.3 cm³/mol. The molecule has 5 heteroatoms. The fraction of sp³-hybridized carbons (Fsp3) is 0.688. The summed E-state index contributed by atoms with van der Waals surface area (Å²) in [6, 6.07) is 0. The van der Waals surface area contributed by atoms with Crippen LogP contribution in [0, 0.1) is 11.3 Å². The molecule has 1 saturated carbocycles. The van der Waals surface area contributed by atoms with E-state index in [1.807, 2.05) is 0 Å². The fourth-order valence-electron chi connectivity index (χ4n) is 3.40. The van der Waals surface area contributed by atoms with Crippen LogP contribution in [0.4, 0.5) is 5.82 Å². The number of nitrogens with one attached hydrogen (secondary N) is 2. The molecule has 0 radical (unpaired) electrons. The number of nitrogens with zero attached hydrogens (tertiary/aromatic N) is 2. The van der Waals surface area contributed by atoms with Crippen LogP contribution in [0.2, 0.25) is 0 Å². The van der Waals surface area contributed by atoms with E-state index in [-0.39, 0.29) is 11.3 Å². The molecule has 1 heterocycles. The first kappa shape index (κ1) is 15.7. The second kappa shape index (κ2) is 6.87. The fourth-order valence-corrected chi connectivity index (χ4v) is 3.40. The van der Waals surface area contributed by atoms with Crippen LogP contribution in [0.3, 0.4) is 0 Å². The van der Waals surface area contributed by atoms with Gasteiger partial charge in [0.15, 0.2) is 0 Å². The van der Waals surface area contributed by atoms with Crippen LogP contribution in [-0.2, 0) is 0 Å². The summed E-state index contributed by atoms with van der Waals surface area (Å²) in [5, 5.41) is 5.97. The maximum Gasteiger partial charge on any atom is 0.271 e. The third-order valence-electron chi connectivity index (χ3n) is 4.25. The normalized spacial score (nSPS) is 17.0. The largest absolute Gasteiger partial charge is 0.372 e. The van der Waals surface area contributed by atoms with Gasteiger partial charge >= 0.3 is 0 Å². The molecule has 0 aromatic carbocycles. The lowest BCUT2D eigenvalue weighted by Gasteiger charge is -2.31. The Morgan fingerprint density at radius 2 is 2.05 bits per heavy atom. The van der Waals surface area contributed by atoms with Crippen LogP contribution in [0.15, 0.2) is 12.4 Å². The molecule has 0 spiro atoms. The Balaban J connectivity index is 1.98. The highest BCUT2D eigenvalue weighted by Gasteiger charge is 2.34. The molecule has 0 bridgehead atoms. The molecule has 0 unspecified atom stereocenters. The van der Waals surface area contributed by atoms with Gasteiger partial charge in [0, 0.05) is 13.6 Å². The average molecular weight is 290 g/mol. The maximum atomic E-state index is 12.3. The van der Waals surface area contributed by atoms with E-state index in [0.717, 1.165) is 6.54 Å². The average Bonchev–Trinajstić information content (AvgIpc) is 2.93. The van der Waals surface area contributed by atoms with Gasteiger partial charge in [-0.05, 0) is 30.6 Å². The lowest BCUT2D eigenvalue weighted by Crippen LogP contribution is -2.37. The first-order valence-electron chi connectivity index (χ1n) is 7.83. The number of anilines is 1. The molecule has 116 valence electrons. The van der Waals surface area contributed by atoms with Gasteiger partial charge in [0.2, 0.25) is 0 Å². The van der Waals surface area contributed by atoms with Gasteiger partial charge in [-0.15, -0.1) is 0 Å². The van der Waals surface area contributed by atoms with Crippen molar-refractivity contribution in [3.05, 3.63) is 18.1 Å². The number of hydrogen-bond donors (Lipinski definition) is 2. The Bertz CT molecular complexity index is 481. The molecule has 1 amide bonds. The summed E-state index contributed by atoms with van der Waals surface area (Å²) in [5.74, 6) is 1.14. The molecule has 0 saturated heterocycles. The van der Waals surface area contributed by atoms with Crippen molar-refractivity contribution >= 4 is 11.7 Å². The summed E-state index contributed by atoms with van der Waals surface area (Å²) in [7, 11) is 1.77. The van der Waals surface area contributed by atoms with Crippen molar-refractivity contribution in [1.29, 1.82) is 0 Å². The molecule has 1 fully saturated rings. The standard InChI is InChI=1S/C16H26N4O/c1-12(2)8-16(6-4-5-7-16)11-19-15(21)13-9-18-10-14(17-3)20-13/h9-10,12H,4-8,11H2,1-3H3,(H,17,20)(H,19,21). The highest BCUT2D eigenvalue weighted by Crippen LogP contribution is 2.42. The van der Waals surface area contributed by atoms with Gasteiger partial charge in [0.05, 0.1) is 12.4 Å². The SMILES string of the molecule is CNc1cncc(C(=O)NCC2(CC(C)C)CCCC2)n1. The third kappa shape index (κ3) is 4.16. The number of carbonyl (C=O) groups is 1. The summed E-state index contributed by atoms with van der Waals surface area (Å²) in [6.07, 6.45) is 9.28. The zero-order valence-corrected chi connectivity index (χ0v) is 13.3. The monoisotopic (exact) mass is 290 g/mol. The van der Waals surface area contributed by atoms with E-state index in [1.165, 1.54) is 38.3 Å². The van der Waals surface area contributed by atoms with Gasteiger partial charge in [-0.1, -0.05) is 26.7 Å². The molecule has 1 aromatic rings. The van der Waals surface area contributed by atoms with Crippen molar-refractivity contribution in [2.45, 2.75) is 46.0 Å². The van der Waals surface area contributed by atoms with Crippen molar-refractivity contribution in [2.24, 2.45) is 11.3 Å². The second-order valence-electron chi connectivity index (χ2n) is 6.53. The van der Waals surface area contributed by atoms with Crippen molar-refractivity contribution in [3.63, 3.8) is 0 Å². The van der Waals surface area contributed by atoms with E-state index < -0.39 is 0 Å². The number of aromatic nitrogens is 2. The summed E-state index contributed by atoms with van der Waals surface area (Å²) in [6.45, 7) is 5.25. The summed E-state index contributed by atoms with van der Waals surface area (Å²) in [4.78, 5) is 20.5. The van der Waals surface area contributed by atoms with E-state index in [1.54, 1.807) is 13.2 Å². The number of rotatable bonds is 6. The van der Waals surface area contributed by atoms with E-state index in [0.29, 0.717) is 17.4 Å². The van der Waals surface area contributed by atoms with Crippen LogP contribution >= 0.6 is 0 Å². The van der Waals surface area contributed by atoms with E-state index in [2.05, 4.69) is 34.4 Å². The van der Waals surface area contributed by atoms with Crippen LogP contribution in [0.1, 0.15) is 56.4 Å². The molecule has 1 aliphatic carbocycles. The van der Waals surface area contributed by atoms with Gasteiger partial charge < -0.3 is 10.6 Å². The maximum absolute atomic E-state index is 12.3. The van der Waals surface area contributed by atoms with Gasteiger partial charge in [-0.2, -0.15) is 0 Å². The molecule has 2 rings (SSSR count). The van der Waals surface area contributed by atoms with E-state index >= 15 is 0 Å². The van der Waals surface area contributed by atoms with Crippen LogP contribution in [0.25, 0.3) is 0 Å². The first-order valence-corrected chi connectivity index (χ1v) is 7.83. The zero-order chi connectivity index (χ0) is 15.3. The second-order valence-corrected chi connectivity index (χ2v) is 6.53. The lowest BCUT2D eigenvalue weighted by atomic mass is 9.78. The minimum Gasteiger partial charge on any atom is -0.372 e. The molecule has 0 aliphatic heterocycles. The molecule has 5 nitrogen and oxygen atoms in total. The molecular weight excluding hydrogens is 264 g/mol. The molecule has 0 atom stereocenters. The summed E-state index contributed by atoms with van der Waals surface area (Å²) >= 11 is 0. The van der Waals surface area contributed by atoms with Crippen molar-refractivity contribution < 1.29 is 4.79 Å². The highest BCUT2D eigenvalue weighted by molar-refractivity contribution is 5.92. The van der Waals surface area contributed by atoms with E-state index in [4.69, 9.17) is 0 Å². The number of amides is 1. The van der Waals surface area contributed by atoms with Crippen molar-refractivity contribution in [1.82, 2.24) is 15.3 Å². The van der Waals surface area contributed by atoms with Crippen LogP contribution in [0.5, 0.6) is 0 Å². The third-order valence-corrected chi connectivity index (χ3v) is 4.25. The van der Waals surface area contributed by atoms with Gasteiger partial charge in [-0.3, -0.25) is 9.78 Å². The van der Waals surface area contributed by atoms with Gasteiger partial charge in [-0.25, -0.2) is 4.98 Å². The summed E-state index contributed by atoms with van der Waals surface area (Å²) in [5.41, 5.74) is 0.650. The Morgan fingerprint density at radius 3 is 2.67 bits per heavy atom. The molecule has 1 aromatic heterocycles. The van der Waals surface area contributed by atoms with Crippen LogP contribution < -0.4 is 10.6 Å². The lowest BCUT2D eigenvalue weighted by molar-refractivity contribution is 0.0916. The Kier molecular flexibility index (Phi) is 5.15. The minimum absolute atomic E-state index is 0.130. The Hall–Kier alpha value is -1.65. The smallest absolute Gasteiger partial charge is 0.271 e. The van der Waals surface area contributed by atoms with Crippen LogP contribution in [-0.4, -0.2) is 29.5 Å². The molecule has 2 N–H and O–H groups in total. The quantitative estimate of drug-likeness (QED) is 0.845. The highest BCUT2D eigenvalue weighted by atomic mass is 16.1. The molecule has 21 heavy (non-hydrogen) atoms. The van der Waals surface area contributed by atoms with Gasteiger partial charge in [0.1, 0.15) is 11.5 Å². The van der Waals surface area contributed by atoms with Crippen molar-refractivity contribution in [2.75, 3.05) is 18.9 Å². The number of carbonyl (C=O) groups excluding carboxylic acids is 1. The topological polar surface area (TPSA) is 66.9 Å². The molecular formula is C16H26N4O. The number of hydrogen-bond acceptors (Lipinski definition) is 4. The minimum atomic E-state index is -0.130. The van der Waals surface area contributed by atoms with Gasteiger partial charge in [0.25, 0.3) is 5.91 Å². The predicted octanol–water partition coefficient (Wildman–Crippen LogP) is 2.85. The Labute approximate surface area is 127 Å². The van der Waals surface area contributed by atoms with Crippen molar-refractivity contribution in [3.8, 4) is 0 Å². The van der Waals surface area contributed by atoms with E-state index in [9.17, 15) is 4.79 Å².